The monoisotopic (exact) mass is 304 g/mol. The lowest BCUT2D eigenvalue weighted by Gasteiger charge is -2.23. The van der Waals surface area contributed by atoms with Crippen molar-refractivity contribution in [1.82, 2.24) is 10.1 Å². The molecule has 2 heterocycles. The molecule has 0 saturated heterocycles. The smallest absolute Gasteiger partial charge is 0.308 e. The number of carbonyl (C=O) groups excluding carboxylic acids is 1. The molecule has 0 spiro atoms. The number of carbonyl (C=O) groups is 2. The van der Waals surface area contributed by atoms with Gasteiger partial charge >= 0.3 is 5.97 Å². The van der Waals surface area contributed by atoms with Gasteiger partial charge in [-0.15, -0.1) is 0 Å². The highest BCUT2D eigenvalue weighted by molar-refractivity contribution is 5.93. The van der Waals surface area contributed by atoms with Crippen molar-refractivity contribution in [3.63, 3.8) is 0 Å². The third kappa shape index (κ3) is 2.88. The quantitative estimate of drug-likeness (QED) is 0.879. The van der Waals surface area contributed by atoms with E-state index in [0.29, 0.717) is 11.5 Å². The zero-order chi connectivity index (χ0) is 15.7. The molecule has 1 amide bonds. The van der Waals surface area contributed by atoms with Crippen molar-refractivity contribution >= 4 is 11.9 Å². The Labute approximate surface area is 126 Å². The maximum absolute atomic E-state index is 12.5. The summed E-state index contributed by atoms with van der Waals surface area (Å²) in [6.07, 6.45) is 3.28. The van der Waals surface area contributed by atoms with Crippen LogP contribution in [0.1, 0.15) is 30.3 Å². The van der Waals surface area contributed by atoms with E-state index in [2.05, 4.69) is 5.16 Å². The summed E-state index contributed by atoms with van der Waals surface area (Å²) in [5.41, 5.74) is 0.163. The minimum absolute atomic E-state index is 0.0954. The lowest BCUT2D eigenvalue weighted by molar-refractivity contribution is -0.141. The fraction of sp³-hybridized carbons (Fsp3) is 0.400. The number of nitrogens with zero attached hydrogens (tertiary/aromatic N) is 2. The number of amides is 1. The summed E-state index contributed by atoms with van der Waals surface area (Å²) < 4.78 is 10.3. The van der Waals surface area contributed by atoms with Gasteiger partial charge in [0.1, 0.15) is 0 Å². The molecule has 3 rings (SSSR count). The third-order valence-electron chi connectivity index (χ3n) is 3.63. The van der Waals surface area contributed by atoms with Crippen molar-refractivity contribution in [3.8, 4) is 11.5 Å². The average Bonchev–Trinajstić information content (AvgIpc) is 3.01. The van der Waals surface area contributed by atoms with Crippen LogP contribution in [0.4, 0.5) is 0 Å². The van der Waals surface area contributed by atoms with E-state index in [0.717, 1.165) is 12.8 Å². The first-order chi connectivity index (χ1) is 10.6. The van der Waals surface area contributed by atoms with Gasteiger partial charge in [0, 0.05) is 18.7 Å². The fourth-order valence-corrected chi connectivity index (χ4v) is 2.22. The third-order valence-corrected chi connectivity index (χ3v) is 3.63. The van der Waals surface area contributed by atoms with E-state index in [-0.39, 0.29) is 24.2 Å². The molecular formula is C15H16N2O5. The van der Waals surface area contributed by atoms with Crippen LogP contribution in [0.25, 0.3) is 11.5 Å². The topological polar surface area (TPSA) is 96.8 Å². The Morgan fingerprint density at radius 1 is 1.45 bits per heavy atom. The predicted molar refractivity (Wildman–Crippen MR) is 75.1 cm³/mol. The normalized spacial score (nSPS) is 15.5. The molecule has 2 aromatic heterocycles. The SMILES string of the molecule is CC(CN(C(=O)c1cc(-c2ccco2)on1)C1CC1)C(=O)O. The minimum Gasteiger partial charge on any atom is -0.481 e. The van der Waals surface area contributed by atoms with Gasteiger partial charge in [0.2, 0.25) is 5.76 Å². The lowest BCUT2D eigenvalue weighted by Crippen LogP contribution is -2.38. The summed E-state index contributed by atoms with van der Waals surface area (Å²) in [4.78, 5) is 25.1. The fourth-order valence-electron chi connectivity index (χ4n) is 2.22. The molecule has 1 unspecified atom stereocenters. The molecule has 1 aliphatic carbocycles. The number of rotatable bonds is 6. The number of carboxylic acids is 1. The van der Waals surface area contributed by atoms with E-state index in [4.69, 9.17) is 14.0 Å². The van der Waals surface area contributed by atoms with E-state index < -0.39 is 11.9 Å². The Hall–Kier alpha value is -2.57. The highest BCUT2D eigenvalue weighted by Crippen LogP contribution is 2.30. The second-order valence-electron chi connectivity index (χ2n) is 5.48. The van der Waals surface area contributed by atoms with Crippen LogP contribution in [0, 0.1) is 5.92 Å². The van der Waals surface area contributed by atoms with Gasteiger partial charge in [-0.05, 0) is 25.0 Å². The molecule has 0 aromatic carbocycles. The summed E-state index contributed by atoms with van der Waals surface area (Å²) in [6.45, 7) is 1.75. The van der Waals surface area contributed by atoms with Crippen molar-refractivity contribution in [2.24, 2.45) is 5.92 Å². The summed E-state index contributed by atoms with van der Waals surface area (Å²) >= 11 is 0. The lowest BCUT2D eigenvalue weighted by atomic mass is 10.1. The van der Waals surface area contributed by atoms with Crippen LogP contribution in [0.5, 0.6) is 0 Å². The predicted octanol–water partition coefficient (Wildman–Crippen LogP) is 2.26. The van der Waals surface area contributed by atoms with Crippen LogP contribution in [0.2, 0.25) is 0 Å². The first-order valence-electron chi connectivity index (χ1n) is 7.10. The van der Waals surface area contributed by atoms with Gasteiger partial charge in [-0.2, -0.15) is 0 Å². The second kappa shape index (κ2) is 5.67. The molecule has 1 aliphatic rings. The number of furan rings is 1. The van der Waals surface area contributed by atoms with Crippen LogP contribution in [-0.2, 0) is 4.79 Å². The van der Waals surface area contributed by atoms with Crippen molar-refractivity contribution in [3.05, 3.63) is 30.2 Å². The Kier molecular flexibility index (Phi) is 3.70. The van der Waals surface area contributed by atoms with Crippen molar-refractivity contribution in [1.29, 1.82) is 0 Å². The molecule has 116 valence electrons. The van der Waals surface area contributed by atoms with Gasteiger partial charge in [0.25, 0.3) is 5.91 Å². The molecule has 0 radical (unpaired) electrons. The molecule has 0 aliphatic heterocycles. The Bertz CT molecular complexity index is 672. The largest absolute Gasteiger partial charge is 0.481 e. The zero-order valence-corrected chi connectivity index (χ0v) is 12.1. The highest BCUT2D eigenvalue weighted by Gasteiger charge is 2.36. The van der Waals surface area contributed by atoms with Gasteiger partial charge < -0.3 is 18.9 Å². The summed E-state index contributed by atoms with van der Waals surface area (Å²) in [7, 11) is 0. The van der Waals surface area contributed by atoms with Gasteiger partial charge in [0.15, 0.2) is 11.5 Å². The molecule has 1 fully saturated rings. The molecule has 1 saturated carbocycles. The van der Waals surface area contributed by atoms with E-state index in [1.165, 1.54) is 12.3 Å². The van der Waals surface area contributed by atoms with E-state index in [1.54, 1.807) is 24.0 Å². The van der Waals surface area contributed by atoms with Gasteiger partial charge in [-0.3, -0.25) is 9.59 Å². The van der Waals surface area contributed by atoms with Crippen LogP contribution in [-0.4, -0.2) is 39.6 Å². The first kappa shape index (κ1) is 14.4. The minimum atomic E-state index is -0.921. The van der Waals surface area contributed by atoms with E-state index in [9.17, 15) is 9.59 Å². The van der Waals surface area contributed by atoms with Crippen molar-refractivity contribution in [2.75, 3.05) is 6.54 Å². The molecule has 7 nitrogen and oxygen atoms in total. The van der Waals surface area contributed by atoms with Crippen LogP contribution in [0.15, 0.2) is 33.4 Å². The zero-order valence-electron chi connectivity index (χ0n) is 12.1. The molecule has 1 N–H and O–H groups in total. The molecule has 7 heteroatoms. The summed E-state index contributed by atoms with van der Waals surface area (Å²) in [6, 6.07) is 5.03. The number of aromatic nitrogens is 1. The van der Waals surface area contributed by atoms with Crippen molar-refractivity contribution in [2.45, 2.75) is 25.8 Å². The van der Waals surface area contributed by atoms with Gasteiger partial charge in [-0.25, -0.2) is 0 Å². The van der Waals surface area contributed by atoms with Crippen LogP contribution >= 0.6 is 0 Å². The molecule has 1 atom stereocenters. The summed E-state index contributed by atoms with van der Waals surface area (Å²) in [5, 5.41) is 12.8. The number of hydrogen-bond acceptors (Lipinski definition) is 5. The van der Waals surface area contributed by atoms with Crippen LogP contribution < -0.4 is 0 Å². The van der Waals surface area contributed by atoms with Gasteiger partial charge in [0.05, 0.1) is 12.2 Å². The van der Waals surface area contributed by atoms with Crippen LogP contribution in [0.3, 0.4) is 0 Å². The Balaban J connectivity index is 1.77. The maximum Gasteiger partial charge on any atom is 0.308 e. The number of carboxylic acid groups (broad SMARTS) is 1. The maximum atomic E-state index is 12.5. The standard InChI is InChI=1S/C15H16N2O5/c1-9(15(19)20)8-17(10-4-5-10)14(18)11-7-13(22-16-11)12-3-2-6-21-12/h2-3,6-7,9-10H,4-5,8H2,1H3,(H,19,20). The summed E-state index contributed by atoms with van der Waals surface area (Å²) in [5.74, 6) is -0.994. The molecule has 2 aromatic rings. The Morgan fingerprint density at radius 2 is 2.23 bits per heavy atom. The van der Waals surface area contributed by atoms with Crippen molar-refractivity contribution < 1.29 is 23.6 Å². The van der Waals surface area contributed by atoms with E-state index in [1.807, 2.05) is 0 Å². The number of aliphatic carboxylic acids is 1. The number of hydrogen-bond donors (Lipinski definition) is 1. The first-order valence-corrected chi connectivity index (χ1v) is 7.10. The molecule has 0 bridgehead atoms. The highest BCUT2D eigenvalue weighted by atomic mass is 16.5. The molecular weight excluding hydrogens is 288 g/mol. The van der Waals surface area contributed by atoms with Gasteiger partial charge in [-0.1, -0.05) is 12.1 Å². The molecule has 22 heavy (non-hydrogen) atoms. The average molecular weight is 304 g/mol. The second-order valence-corrected chi connectivity index (χ2v) is 5.48. The van der Waals surface area contributed by atoms with E-state index >= 15 is 0 Å². The Morgan fingerprint density at radius 3 is 2.82 bits per heavy atom.